The van der Waals surface area contributed by atoms with E-state index < -0.39 is 0 Å². The minimum absolute atomic E-state index is 0.315. The number of hydrogen-bond acceptors (Lipinski definition) is 7. The lowest BCUT2D eigenvalue weighted by Crippen LogP contribution is -2.46. The Morgan fingerprint density at radius 2 is 1.97 bits per heavy atom. The van der Waals surface area contributed by atoms with Gasteiger partial charge in [-0.2, -0.15) is 5.26 Å². The van der Waals surface area contributed by atoms with Crippen LogP contribution in [0.25, 0.3) is 10.9 Å². The highest BCUT2D eigenvalue weighted by molar-refractivity contribution is 5.98. The maximum absolute atomic E-state index is 12.7. The molecular weight excluding hydrogens is 390 g/mol. The van der Waals surface area contributed by atoms with Crippen molar-refractivity contribution >= 4 is 22.7 Å². The summed E-state index contributed by atoms with van der Waals surface area (Å²) in [6.07, 6.45) is 1.67. The number of ether oxygens (including phenoxy) is 1. The first-order valence-electron chi connectivity index (χ1n) is 10.5. The van der Waals surface area contributed by atoms with Crippen LogP contribution in [0.5, 0.6) is 0 Å². The van der Waals surface area contributed by atoms with E-state index in [0.29, 0.717) is 24.3 Å². The number of aryl methyl sites for hydroxylation is 1. The van der Waals surface area contributed by atoms with Crippen molar-refractivity contribution in [1.82, 2.24) is 14.9 Å². The second-order valence-electron chi connectivity index (χ2n) is 7.57. The van der Waals surface area contributed by atoms with Crippen LogP contribution < -0.4 is 4.90 Å². The van der Waals surface area contributed by atoms with Crippen LogP contribution in [0, 0.1) is 18.3 Å². The van der Waals surface area contributed by atoms with Crippen molar-refractivity contribution in [2.45, 2.75) is 20.4 Å². The zero-order valence-electron chi connectivity index (χ0n) is 17.8. The van der Waals surface area contributed by atoms with E-state index in [1.165, 1.54) is 0 Å². The van der Waals surface area contributed by atoms with Gasteiger partial charge in [-0.25, -0.2) is 9.78 Å². The number of esters is 1. The molecule has 2 aromatic heterocycles. The topological polar surface area (TPSA) is 82.4 Å². The summed E-state index contributed by atoms with van der Waals surface area (Å²) in [7, 11) is 0. The number of carbonyl (C=O) groups excluding carboxylic acids is 1. The number of carbonyl (C=O) groups is 1. The Kier molecular flexibility index (Phi) is 6.10. The van der Waals surface area contributed by atoms with E-state index in [4.69, 9.17) is 15.0 Å². The van der Waals surface area contributed by atoms with Crippen molar-refractivity contribution in [1.29, 1.82) is 5.26 Å². The minimum atomic E-state index is -0.315. The second-order valence-corrected chi connectivity index (χ2v) is 7.57. The molecule has 7 heteroatoms. The van der Waals surface area contributed by atoms with Gasteiger partial charge in [-0.3, -0.25) is 9.88 Å². The average molecular weight is 415 g/mol. The first-order valence-corrected chi connectivity index (χ1v) is 10.5. The van der Waals surface area contributed by atoms with Gasteiger partial charge in [-0.15, -0.1) is 0 Å². The predicted molar refractivity (Wildman–Crippen MR) is 119 cm³/mol. The smallest absolute Gasteiger partial charge is 0.340 e. The van der Waals surface area contributed by atoms with E-state index in [-0.39, 0.29) is 5.97 Å². The molecule has 0 atom stereocenters. The Hall–Kier alpha value is -3.50. The Morgan fingerprint density at radius 1 is 1.19 bits per heavy atom. The van der Waals surface area contributed by atoms with Gasteiger partial charge in [-0.1, -0.05) is 18.2 Å². The molecule has 1 fully saturated rings. The third kappa shape index (κ3) is 4.35. The summed E-state index contributed by atoms with van der Waals surface area (Å²) in [5.41, 5.74) is 3.75. The van der Waals surface area contributed by atoms with E-state index in [2.05, 4.69) is 20.9 Å². The van der Waals surface area contributed by atoms with E-state index in [9.17, 15) is 4.79 Å². The van der Waals surface area contributed by atoms with Gasteiger partial charge in [-0.05, 0) is 37.6 Å². The Morgan fingerprint density at radius 3 is 2.71 bits per heavy atom. The minimum Gasteiger partial charge on any atom is -0.462 e. The van der Waals surface area contributed by atoms with Gasteiger partial charge in [0.25, 0.3) is 0 Å². The van der Waals surface area contributed by atoms with E-state index >= 15 is 0 Å². The molecule has 0 saturated carbocycles. The molecule has 1 saturated heterocycles. The quantitative estimate of drug-likeness (QED) is 0.591. The van der Waals surface area contributed by atoms with Crippen LogP contribution in [0.15, 0.2) is 42.6 Å². The number of nitriles is 1. The van der Waals surface area contributed by atoms with E-state index in [0.717, 1.165) is 54.2 Å². The predicted octanol–water partition coefficient (Wildman–Crippen LogP) is 3.31. The summed E-state index contributed by atoms with van der Waals surface area (Å²) >= 11 is 0. The number of benzene rings is 1. The highest BCUT2D eigenvalue weighted by atomic mass is 16.5. The van der Waals surface area contributed by atoms with Gasteiger partial charge < -0.3 is 9.64 Å². The first-order chi connectivity index (χ1) is 15.1. The molecule has 3 aromatic rings. The SMILES string of the molecule is CCOC(=O)c1c(CN2CCN(c3cc(C#N)ccn3)CC2)nc2ccccc2c1C. The molecule has 0 spiro atoms. The van der Waals surface area contributed by atoms with Gasteiger partial charge in [0.15, 0.2) is 0 Å². The molecular formula is C24H25N5O2. The van der Waals surface area contributed by atoms with E-state index in [1.807, 2.05) is 44.2 Å². The van der Waals surface area contributed by atoms with E-state index in [1.54, 1.807) is 12.3 Å². The molecule has 0 aliphatic carbocycles. The molecule has 1 aliphatic rings. The molecule has 1 aromatic carbocycles. The number of aromatic nitrogens is 2. The number of anilines is 1. The molecule has 3 heterocycles. The number of piperazine rings is 1. The second kappa shape index (κ2) is 9.11. The number of hydrogen-bond donors (Lipinski definition) is 0. The van der Waals surface area contributed by atoms with Crippen LogP contribution in [0.4, 0.5) is 5.82 Å². The van der Waals surface area contributed by atoms with Crippen LogP contribution >= 0.6 is 0 Å². The van der Waals surface area contributed by atoms with Crippen molar-refractivity contribution < 1.29 is 9.53 Å². The number of para-hydroxylation sites is 1. The van der Waals surface area contributed by atoms with Crippen LogP contribution in [0.2, 0.25) is 0 Å². The Labute approximate surface area is 181 Å². The lowest BCUT2D eigenvalue weighted by atomic mass is 10.0. The molecule has 0 amide bonds. The summed E-state index contributed by atoms with van der Waals surface area (Å²) in [4.78, 5) is 26.5. The fraction of sp³-hybridized carbons (Fsp3) is 0.333. The van der Waals surface area contributed by atoms with Crippen molar-refractivity contribution in [3.63, 3.8) is 0 Å². The summed E-state index contributed by atoms with van der Waals surface area (Å²) in [6, 6.07) is 13.6. The monoisotopic (exact) mass is 415 g/mol. The van der Waals surface area contributed by atoms with Gasteiger partial charge >= 0.3 is 5.97 Å². The number of fused-ring (bicyclic) bond motifs is 1. The van der Waals surface area contributed by atoms with Gasteiger partial charge in [0.1, 0.15) is 5.82 Å². The normalized spacial score (nSPS) is 14.4. The number of nitrogens with zero attached hydrogens (tertiary/aromatic N) is 5. The maximum atomic E-state index is 12.7. The largest absolute Gasteiger partial charge is 0.462 e. The Bertz CT molecular complexity index is 1150. The molecule has 4 rings (SSSR count). The van der Waals surface area contributed by atoms with Crippen LogP contribution in [0.3, 0.4) is 0 Å². The summed E-state index contributed by atoms with van der Waals surface area (Å²) < 4.78 is 5.34. The highest BCUT2D eigenvalue weighted by Crippen LogP contribution is 2.25. The molecule has 158 valence electrons. The van der Waals surface area contributed by atoms with Gasteiger partial charge in [0, 0.05) is 44.3 Å². The maximum Gasteiger partial charge on any atom is 0.340 e. The van der Waals surface area contributed by atoms with Crippen molar-refractivity contribution in [2.75, 3.05) is 37.7 Å². The molecule has 7 nitrogen and oxygen atoms in total. The number of pyridine rings is 2. The summed E-state index contributed by atoms with van der Waals surface area (Å²) in [5.74, 6) is 0.509. The molecule has 0 bridgehead atoms. The first kappa shape index (κ1) is 20.8. The van der Waals surface area contributed by atoms with Crippen molar-refractivity contribution in [2.24, 2.45) is 0 Å². The molecule has 0 unspecified atom stereocenters. The average Bonchev–Trinajstić information content (AvgIpc) is 2.80. The molecule has 0 radical (unpaired) electrons. The van der Waals surface area contributed by atoms with Gasteiger partial charge in [0.2, 0.25) is 0 Å². The fourth-order valence-electron chi connectivity index (χ4n) is 4.04. The zero-order chi connectivity index (χ0) is 21.8. The number of rotatable bonds is 5. The lowest BCUT2D eigenvalue weighted by Gasteiger charge is -2.35. The molecule has 0 N–H and O–H groups in total. The van der Waals surface area contributed by atoms with Crippen LogP contribution in [0.1, 0.15) is 34.1 Å². The lowest BCUT2D eigenvalue weighted by molar-refractivity contribution is 0.0522. The third-order valence-corrected chi connectivity index (χ3v) is 5.65. The van der Waals surface area contributed by atoms with Gasteiger partial charge in [0.05, 0.1) is 35.0 Å². The molecule has 31 heavy (non-hydrogen) atoms. The Balaban J connectivity index is 1.55. The standard InChI is InChI=1S/C24H25N5O2/c1-3-31-24(30)23-17(2)19-6-4-5-7-20(19)27-21(23)16-28-10-12-29(13-11-28)22-14-18(15-25)8-9-26-22/h4-9,14H,3,10-13,16H2,1-2H3. The van der Waals surface area contributed by atoms with Crippen molar-refractivity contribution in [3.8, 4) is 6.07 Å². The summed E-state index contributed by atoms with van der Waals surface area (Å²) in [5, 5.41) is 10.1. The highest BCUT2D eigenvalue weighted by Gasteiger charge is 2.24. The third-order valence-electron chi connectivity index (χ3n) is 5.65. The fourth-order valence-corrected chi connectivity index (χ4v) is 4.04. The van der Waals surface area contributed by atoms with Crippen LogP contribution in [-0.2, 0) is 11.3 Å². The van der Waals surface area contributed by atoms with Crippen LogP contribution in [-0.4, -0.2) is 53.6 Å². The van der Waals surface area contributed by atoms with Crippen molar-refractivity contribution in [3.05, 3.63) is 65.0 Å². The summed E-state index contributed by atoms with van der Waals surface area (Å²) in [6.45, 7) is 7.91. The molecule has 1 aliphatic heterocycles. The zero-order valence-corrected chi connectivity index (χ0v) is 17.8.